The van der Waals surface area contributed by atoms with Gasteiger partial charge in [-0.2, -0.15) is 0 Å². The Balaban J connectivity index is 1.30. The summed E-state index contributed by atoms with van der Waals surface area (Å²) in [7, 11) is 1.51. The number of hydrogen-bond acceptors (Lipinski definition) is 11. The van der Waals surface area contributed by atoms with Crippen molar-refractivity contribution in [1.29, 1.82) is 0 Å². The molecule has 246 valence electrons. The van der Waals surface area contributed by atoms with Gasteiger partial charge in [0.05, 0.1) is 18.1 Å². The second kappa shape index (κ2) is 11.9. The zero-order valence-corrected chi connectivity index (χ0v) is 25.9. The fourth-order valence-corrected chi connectivity index (χ4v) is 7.68. The van der Waals surface area contributed by atoms with Crippen molar-refractivity contribution in [2.45, 2.75) is 101 Å². The summed E-state index contributed by atoms with van der Waals surface area (Å²) < 4.78 is 22.4. The molecule has 0 saturated heterocycles. The maximum atomic E-state index is 13.1. The van der Waals surface area contributed by atoms with Gasteiger partial charge in [-0.05, 0) is 74.5 Å². The zero-order valence-electron chi connectivity index (χ0n) is 25.9. The lowest BCUT2D eigenvalue weighted by atomic mass is 9.45. The predicted octanol–water partition coefficient (Wildman–Crippen LogP) is 1.13. The Labute approximate surface area is 260 Å². The first-order chi connectivity index (χ1) is 21.2. The number of nitrogens with one attached hydrogen (secondary N) is 1. The van der Waals surface area contributed by atoms with Crippen molar-refractivity contribution >= 4 is 23.8 Å². The van der Waals surface area contributed by atoms with Crippen LogP contribution in [0.25, 0.3) is 0 Å². The van der Waals surface area contributed by atoms with E-state index in [1.807, 2.05) is 6.07 Å². The SMILES string of the molecule is COc1ccc2c3c1O[C@H]1C(OC(=O)[C@H](O)[C@@H](O)C(=O)O[C@@H](C)C(=O)N[C@@H](CC(C)C)C(=O)O)=CC[C@@]4(O)[C@@H](C2)C(C)CCC314. The van der Waals surface area contributed by atoms with E-state index in [4.69, 9.17) is 18.9 Å². The van der Waals surface area contributed by atoms with Crippen molar-refractivity contribution in [1.82, 2.24) is 5.32 Å². The molecule has 1 heterocycles. The molecule has 13 nitrogen and oxygen atoms in total. The van der Waals surface area contributed by atoms with Crippen LogP contribution in [0.2, 0.25) is 0 Å². The molecule has 1 aliphatic heterocycles. The van der Waals surface area contributed by atoms with E-state index in [-0.39, 0.29) is 36.4 Å². The Morgan fingerprint density at radius 3 is 2.44 bits per heavy atom. The first-order valence-corrected chi connectivity index (χ1v) is 15.3. The molecule has 2 unspecified atom stereocenters. The fraction of sp³-hybridized carbons (Fsp3) is 0.625. The Bertz CT molecular complexity index is 1420. The molecule has 2 bridgehead atoms. The molecule has 13 heteroatoms. The van der Waals surface area contributed by atoms with Crippen LogP contribution >= 0.6 is 0 Å². The summed E-state index contributed by atoms with van der Waals surface area (Å²) in [5, 5.41) is 44.9. The van der Waals surface area contributed by atoms with E-state index in [2.05, 4.69) is 12.2 Å². The fourth-order valence-electron chi connectivity index (χ4n) is 7.68. The first-order valence-electron chi connectivity index (χ1n) is 15.3. The van der Waals surface area contributed by atoms with Gasteiger partial charge in [-0.15, -0.1) is 0 Å². The number of methoxy groups -OCH3 is 1. The summed E-state index contributed by atoms with van der Waals surface area (Å²) in [6.45, 7) is 6.83. The van der Waals surface area contributed by atoms with E-state index in [0.29, 0.717) is 24.3 Å². The van der Waals surface area contributed by atoms with Crippen LogP contribution < -0.4 is 14.8 Å². The van der Waals surface area contributed by atoms with E-state index in [9.17, 15) is 39.6 Å². The first kappa shape index (κ1) is 32.7. The molecule has 9 atom stereocenters. The van der Waals surface area contributed by atoms with Crippen LogP contribution in [0.5, 0.6) is 11.5 Å². The Morgan fingerprint density at radius 1 is 1.11 bits per heavy atom. The lowest BCUT2D eigenvalue weighted by molar-refractivity contribution is -0.181. The minimum absolute atomic E-state index is 0.0290. The third kappa shape index (κ3) is 5.24. The molecule has 1 saturated carbocycles. The second-order valence-corrected chi connectivity index (χ2v) is 13.1. The van der Waals surface area contributed by atoms with Gasteiger partial charge >= 0.3 is 17.9 Å². The van der Waals surface area contributed by atoms with Crippen molar-refractivity contribution in [2.75, 3.05) is 7.11 Å². The molecule has 45 heavy (non-hydrogen) atoms. The van der Waals surface area contributed by atoms with Crippen molar-refractivity contribution in [3.63, 3.8) is 0 Å². The molecule has 0 radical (unpaired) electrons. The molecule has 5 N–H and O–H groups in total. The number of carbonyl (C=O) groups is 4. The molecule has 1 fully saturated rings. The molecular formula is C32H41NO12. The monoisotopic (exact) mass is 631 g/mol. The van der Waals surface area contributed by atoms with Gasteiger partial charge in [0.25, 0.3) is 5.91 Å². The van der Waals surface area contributed by atoms with E-state index in [0.717, 1.165) is 24.5 Å². The Morgan fingerprint density at radius 2 is 1.80 bits per heavy atom. The van der Waals surface area contributed by atoms with E-state index < -0.39 is 65.3 Å². The van der Waals surface area contributed by atoms with Crippen LogP contribution in [0.1, 0.15) is 64.5 Å². The number of aliphatic hydroxyl groups excluding tert-OH is 2. The molecule has 0 aromatic heterocycles. The highest BCUT2D eigenvalue weighted by molar-refractivity contribution is 5.90. The van der Waals surface area contributed by atoms with Crippen molar-refractivity contribution in [3.05, 3.63) is 35.1 Å². The number of ether oxygens (including phenoxy) is 4. The number of aliphatic hydroxyl groups is 3. The topological polar surface area (TPSA) is 198 Å². The maximum absolute atomic E-state index is 13.1. The van der Waals surface area contributed by atoms with E-state index in [1.54, 1.807) is 26.0 Å². The van der Waals surface area contributed by atoms with Crippen LogP contribution in [0.4, 0.5) is 0 Å². The largest absolute Gasteiger partial charge is 0.493 e. The van der Waals surface area contributed by atoms with E-state index in [1.165, 1.54) is 7.11 Å². The number of benzene rings is 1. The van der Waals surface area contributed by atoms with Crippen molar-refractivity contribution < 1.29 is 58.6 Å². The summed E-state index contributed by atoms with van der Waals surface area (Å²) in [4.78, 5) is 49.6. The van der Waals surface area contributed by atoms with Gasteiger partial charge in [0.2, 0.25) is 0 Å². The van der Waals surface area contributed by atoms with Crippen LogP contribution in [0.15, 0.2) is 24.0 Å². The van der Waals surface area contributed by atoms with Gasteiger partial charge in [0.1, 0.15) is 11.8 Å². The number of carboxylic acid groups (broad SMARTS) is 1. The Hall–Kier alpha value is -3.68. The van der Waals surface area contributed by atoms with Gasteiger partial charge in [-0.3, -0.25) is 4.79 Å². The quantitative estimate of drug-likeness (QED) is 0.219. The van der Waals surface area contributed by atoms with Crippen LogP contribution in [-0.4, -0.2) is 87.4 Å². The highest BCUT2D eigenvalue weighted by Gasteiger charge is 2.72. The predicted molar refractivity (Wildman–Crippen MR) is 155 cm³/mol. The van der Waals surface area contributed by atoms with Crippen LogP contribution in [0, 0.1) is 17.8 Å². The molecule has 1 aromatic rings. The number of carbonyl (C=O) groups excluding carboxylic acids is 3. The number of esters is 2. The molecule has 3 aliphatic carbocycles. The van der Waals surface area contributed by atoms with Gasteiger partial charge in [-0.1, -0.05) is 26.8 Å². The number of hydrogen-bond donors (Lipinski definition) is 5. The minimum Gasteiger partial charge on any atom is -0.493 e. The van der Waals surface area contributed by atoms with E-state index >= 15 is 0 Å². The molecule has 1 amide bonds. The number of amides is 1. The van der Waals surface area contributed by atoms with Crippen LogP contribution in [-0.2, 0) is 40.5 Å². The summed E-state index contributed by atoms with van der Waals surface area (Å²) in [5.74, 6) is -3.97. The van der Waals surface area contributed by atoms with Crippen molar-refractivity contribution in [3.8, 4) is 11.5 Å². The normalized spacial score (nSPS) is 30.1. The molecule has 1 spiro atoms. The summed E-state index contributed by atoms with van der Waals surface area (Å²) in [6, 6.07) is 2.55. The second-order valence-electron chi connectivity index (χ2n) is 13.1. The smallest absolute Gasteiger partial charge is 0.343 e. The third-order valence-corrected chi connectivity index (χ3v) is 9.92. The van der Waals surface area contributed by atoms with Crippen LogP contribution in [0.3, 0.4) is 0 Å². The third-order valence-electron chi connectivity index (χ3n) is 9.92. The van der Waals surface area contributed by atoms with Gasteiger partial charge in [0.15, 0.2) is 35.9 Å². The highest BCUT2D eigenvalue weighted by Crippen LogP contribution is 2.68. The molecule has 5 rings (SSSR count). The van der Waals surface area contributed by atoms with Crippen molar-refractivity contribution in [2.24, 2.45) is 17.8 Å². The van der Waals surface area contributed by atoms with Gasteiger partial charge < -0.3 is 44.7 Å². The average molecular weight is 632 g/mol. The maximum Gasteiger partial charge on any atom is 0.343 e. The number of rotatable bonds is 11. The summed E-state index contributed by atoms with van der Waals surface area (Å²) >= 11 is 0. The Kier molecular flexibility index (Phi) is 8.66. The number of aliphatic carboxylic acids is 1. The average Bonchev–Trinajstić information content (AvgIpc) is 3.34. The number of carboxylic acids is 1. The lowest BCUT2D eigenvalue weighted by Gasteiger charge is -2.61. The zero-order chi connectivity index (χ0) is 33.0. The lowest BCUT2D eigenvalue weighted by Crippen LogP contribution is -2.69. The summed E-state index contributed by atoms with van der Waals surface area (Å²) in [5.41, 5.74) is -0.282. The van der Waals surface area contributed by atoms with Gasteiger partial charge in [-0.25, -0.2) is 14.4 Å². The van der Waals surface area contributed by atoms with Gasteiger partial charge in [0, 0.05) is 5.56 Å². The minimum atomic E-state index is -2.42. The molecule has 4 aliphatic rings. The highest BCUT2D eigenvalue weighted by atomic mass is 16.6. The standard InChI is InChI=1S/C32H41NO12/c1-14(2)12-19(28(37)38)33-27(36)16(4)43-29(39)23(34)24(35)30(40)44-21-9-11-32(41)18-13-17-6-7-20(42-5)25-22(17)31(32,26(21)45-25)10-8-15(18)3/h6-7,9,14-16,18-19,23-24,26,34-35,41H,8,10-13H2,1-5H3,(H,33,36)(H,37,38)/t15?,16-,18-,19-,23+,24+,26-,31?,32+/m0/s1. The molecular weight excluding hydrogens is 590 g/mol. The molecule has 1 aromatic carbocycles. The summed E-state index contributed by atoms with van der Waals surface area (Å²) in [6.07, 6.45) is -3.44.